The first-order chi connectivity index (χ1) is 16.4. The van der Waals surface area contributed by atoms with Gasteiger partial charge in [-0.15, -0.1) is 0 Å². The van der Waals surface area contributed by atoms with Gasteiger partial charge in [0, 0.05) is 11.6 Å². The van der Waals surface area contributed by atoms with Gasteiger partial charge in [0.25, 0.3) is 11.6 Å². The average molecular weight is 473 g/mol. The number of thioether (sulfide) groups is 1. The molecule has 0 unspecified atom stereocenters. The van der Waals surface area contributed by atoms with E-state index in [-0.39, 0.29) is 22.8 Å². The van der Waals surface area contributed by atoms with E-state index in [1.165, 1.54) is 48.2 Å². The van der Waals surface area contributed by atoms with E-state index < -0.39 is 10.8 Å². The summed E-state index contributed by atoms with van der Waals surface area (Å²) in [5.74, 6) is 0.286. The Bertz CT molecular complexity index is 1440. The number of nitrogens with one attached hydrogen (secondary N) is 1. The summed E-state index contributed by atoms with van der Waals surface area (Å²) in [5, 5.41) is 26.3. The standard InChI is InChI=1S/C23H15N5O5S/c1-32-19-11-14(28(30)31)7-9-16(19)18-10-8-15(33-18)12-17-20(24)27-23(25-21(17)29)34-22(26-27)13-5-3-2-4-6-13/h2-12,24H,1H3. The highest BCUT2D eigenvalue weighted by Gasteiger charge is 2.36. The van der Waals surface area contributed by atoms with Crippen molar-refractivity contribution in [3.8, 4) is 17.1 Å². The maximum atomic E-state index is 12.7. The normalized spacial score (nSPS) is 16.4. The number of nitro benzene ring substituents is 1. The maximum absolute atomic E-state index is 12.7. The van der Waals surface area contributed by atoms with Gasteiger partial charge in [0.15, 0.2) is 5.84 Å². The molecule has 3 heterocycles. The van der Waals surface area contributed by atoms with Crippen molar-refractivity contribution in [2.75, 3.05) is 7.11 Å². The van der Waals surface area contributed by atoms with Gasteiger partial charge in [-0.2, -0.15) is 15.1 Å². The largest absolute Gasteiger partial charge is 0.496 e. The number of nitrogens with zero attached hydrogens (tertiary/aromatic N) is 4. The number of aliphatic imine (C=N–C) groups is 1. The molecule has 2 aliphatic rings. The van der Waals surface area contributed by atoms with Crippen LogP contribution in [0.25, 0.3) is 17.4 Å². The summed E-state index contributed by atoms with van der Waals surface area (Å²) in [4.78, 5) is 27.3. The predicted octanol–water partition coefficient (Wildman–Crippen LogP) is 4.53. The Morgan fingerprint density at radius 3 is 2.71 bits per heavy atom. The number of non-ortho nitro benzene ring substituents is 1. The molecular weight excluding hydrogens is 458 g/mol. The zero-order chi connectivity index (χ0) is 23.8. The highest BCUT2D eigenvalue weighted by atomic mass is 32.2. The number of amides is 1. The Labute approximate surface area is 196 Å². The van der Waals surface area contributed by atoms with Crippen LogP contribution < -0.4 is 4.74 Å². The van der Waals surface area contributed by atoms with Crippen molar-refractivity contribution in [1.82, 2.24) is 5.01 Å². The zero-order valence-electron chi connectivity index (χ0n) is 17.6. The lowest BCUT2D eigenvalue weighted by molar-refractivity contribution is -0.384. The number of hydrogen-bond donors (Lipinski definition) is 1. The number of amidine groups is 2. The lowest BCUT2D eigenvalue weighted by atomic mass is 10.1. The first-order valence-corrected chi connectivity index (χ1v) is 10.7. The van der Waals surface area contributed by atoms with Gasteiger partial charge in [-0.1, -0.05) is 30.3 Å². The minimum Gasteiger partial charge on any atom is -0.496 e. The number of hydrogen-bond acceptors (Lipinski definition) is 8. The third-order valence-corrected chi connectivity index (χ3v) is 6.01. The topological polar surface area (TPSA) is 134 Å². The smallest absolute Gasteiger partial charge is 0.283 e. The van der Waals surface area contributed by atoms with Crippen LogP contribution in [0.4, 0.5) is 5.69 Å². The molecule has 3 aromatic rings. The van der Waals surface area contributed by atoms with Gasteiger partial charge in [-0.05, 0) is 36.0 Å². The van der Waals surface area contributed by atoms with Crippen molar-refractivity contribution >= 4 is 45.5 Å². The molecule has 168 valence electrons. The molecule has 1 N–H and O–H groups in total. The number of methoxy groups -OCH3 is 1. The summed E-state index contributed by atoms with van der Waals surface area (Å²) in [5.41, 5.74) is 1.29. The molecule has 0 atom stereocenters. The number of nitro groups is 1. The number of carbonyl (C=O) groups excluding carboxylic acids is 1. The Balaban J connectivity index is 1.45. The first kappa shape index (κ1) is 21.3. The second kappa shape index (κ2) is 8.45. The Hall–Kier alpha value is -4.51. The minimum absolute atomic E-state index is 0.0268. The third-order valence-electron chi connectivity index (χ3n) is 5.05. The SMILES string of the molecule is COc1cc([N+](=O)[O-])ccc1-c1ccc(C=C2C(=N)N3N=C(c4ccccc4)SC3=NC2=O)o1. The molecular formula is C23H15N5O5S. The van der Waals surface area contributed by atoms with E-state index >= 15 is 0 Å². The monoisotopic (exact) mass is 473 g/mol. The van der Waals surface area contributed by atoms with Gasteiger partial charge < -0.3 is 9.15 Å². The van der Waals surface area contributed by atoms with Crippen LogP contribution in [0.3, 0.4) is 0 Å². The fraction of sp³-hybridized carbons (Fsp3) is 0.0435. The molecule has 0 fully saturated rings. The molecule has 34 heavy (non-hydrogen) atoms. The van der Waals surface area contributed by atoms with Gasteiger partial charge in [0.05, 0.1) is 29.2 Å². The fourth-order valence-corrected chi connectivity index (χ4v) is 4.30. The number of rotatable bonds is 5. The summed E-state index contributed by atoms with van der Waals surface area (Å²) < 4.78 is 11.1. The van der Waals surface area contributed by atoms with Gasteiger partial charge in [0.1, 0.15) is 22.3 Å². The summed E-state index contributed by atoms with van der Waals surface area (Å²) in [6, 6.07) is 16.9. The van der Waals surface area contributed by atoms with Crippen LogP contribution in [-0.2, 0) is 4.79 Å². The van der Waals surface area contributed by atoms with Gasteiger partial charge in [0.2, 0.25) is 5.17 Å². The molecule has 0 bridgehead atoms. The average Bonchev–Trinajstić information content (AvgIpc) is 3.49. The zero-order valence-corrected chi connectivity index (χ0v) is 18.4. The molecule has 11 heteroatoms. The van der Waals surface area contributed by atoms with E-state index in [4.69, 9.17) is 14.6 Å². The lowest BCUT2D eigenvalue weighted by Gasteiger charge is -2.19. The predicted molar refractivity (Wildman–Crippen MR) is 128 cm³/mol. The molecule has 1 amide bonds. The summed E-state index contributed by atoms with van der Waals surface area (Å²) in [7, 11) is 1.41. The molecule has 0 saturated heterocycles. The van der Waals surface area contributed by atoms with E-state index in [1.54, 1.807) is 12.1 Å². The van der Waals surface area contributed by atoms with E-state index in [0.29, 0.717) is 27.3 Å². The summed E-state index contributed by atoms with van der Waals surface area (Å²) >= 11 is 1.22. The molecule has 10 nitrogen and oxygen atoms in total. The second-order valence-corrected chi connectivity index (χ2v) is 8.09. The van der Waals surface area contributed by atoms with E-state index in [0.717, 1.165) is 5.56 Å². The molecule has 0 radical (unpaired) electrons. The Kier molecular flexibility index (Phi) is 5.30. The highest BCUT2D eigenvalue weighted by molar-refractivity contribution is 8.27. The second-order valence-electron chi connectivity index (χ2n) is 7.13. The van der Waals surface area contributed by atoms with Gasteiger partial charge in [-0.25, -0.2) is 0 Å². The van der Waals surface area contributed by atoms with Crippen LogP contribution in [0.15, 0.2) is 80.7 Å². The number of benzene rings is 2. The van der Waals surface area contributed by atoms with Crippen LogP contribution in [0.1, 0.15) is 11.3 Å². The Morgan fingerprint density at radius 2 is 1.97 bits per heavy atom. The number of carbonyl (C=O) groups is 1. The van der Waals surface area contributed by atoms with Crippen LogP contribution in [-0.4, -0.2) is 39.0 Å². The van der Waals surface area contributed by atoms with Crippen molar-refractivity contribution in [2.45, 2.75) is 0 Å². The van der Waals surface area contributed by atoms with Gasteiger partial charge >= 0.3 is 0 Å². The number of ether oxygens (including phenoxy) is 1. The molecule has 5 rings (SSSR count). The lowest BCUT2D eigenvalue weighted by Crippen LogP contribution is -2.35. The Morgan fingerprint density at radius 1 is 1.18 bits per heavy atom. The van der Waals surface area contributed by atoms with Crippen molar-refractivity contribution < 1.29 is 18.9 Å². The fourth-order valence-electron chi connectivity index (χ4n) is 3.40. The first-order valence-electron chi connectivity index (χ1n) is 9.93. The minimum atomic E-state index is -0.570. The molecule has 1 aromatic heterocycles. The van der Waals surface area contributed by atoms with Crippen molar-refractivity contribution in [2.24, 2.45) is 10.1 Å². The van der Waals surface area contributed by atoms with Crippen molar-refractivity contribution in [1.29, 1.82) is 5.41 Å². The van der Waals surface area contributed by atoms with Crippen LogP contribution >= 0.6 is 11.8 Å². The van der Waals surface area contributed by atoms with Crippen molar-refractivity contribution in [3.05, 3.63) is 87.7 Å². The highest BCUT2D eigenvalue weighted by Crippen LogP contribution is 2.35. The maximum Gasteiger partial charge on any atom is 0.283 e. The molecule has 0 aliphatic carbocycles. The third kappa shape index (κ3) is 3.77. The quantitative estimate of drug-likeness (QED) is 0.327. The van der Waals surface area contributed by atoms with E-state index in [1.807, 2.05) is 30.3 Å². The van der Waals surface area contributed by atoms with Crippen LogP contribution in [0, 0.1) is 15.5 Å². The summed E-state index contributed by atoms with van der Waals surface area (Å²) in [6.45, 7) is 0. The van der Waals surface area contributed by atoms with Crippen molar-refractivity contribution in [3.63, 3.8) is 0 Å². The number of hydrazone groups is 1. The van der Waals surface area contributed by atoms with Gasteiger partial charge in [-0.3, -0.25) is 20.3 Å². The summed E-state index contributed by atoms with van der Waals surface area (Å²) in [6.07, 6.45) is 1.42. The number of fused-ring (bicyclic) bond motifs is 1. The molecule has 2 aromatic carbocycles. The van der Waals surface area contributed by atoms with Crippen LogP contribution in [0.5, 0.6) is 5.75 Å². The number of furan rings is 1. The molecule has 0 spiro atoms. The van der Waals surface area contributed by atoms with Crippen LogP contribution in [0.2, 0.25) is 0 Å². The molecule has 2 aliphatic heterocycles. The van der Waals surface area contributed by atoms with E-state index in [9.17, 15) is 14.9 Å². The van der Waals surface area contributed by atoms with E-state index in [2.05, 4.69) is 10.1 Å². The molecule has 0 saturated carbocycles.